The lowest BCUT2D eigenvalue weighted by atomic mass is 10.0. The summed E-state index contributed by atoms with van der Waals surface area (Å²) in [6, 6.07) is 17.8. The molecule has 1 N–H and O–H groups in total. The molecule has 1 saturated heterocycles. The van der Waals surface area contributed by atoms with Gasteiger partial charge in [-0.05, 0) is 62.6 Å². The summed E-state index contributed by atoms with van der Waals surface area (Å²) < 4.78 is 7.12. The number of benzene rings is 2. The van der Waals surface area contributed by atoms with Crippen LogP contribution in [-0.4, -0.2) is 34.4 Å². The molecule has 1 fully saturated rings. The van der Waals surface area contributed by atoms with Crippen LogP contribution in [0.4, 0.5) is 10.5 Å². The van der Waals surface area contributed by atoms with Crippen LogP contribution < -0.4 is 10.1 Å². The number of para-hydroxylation sites is 2. The first-order chi connectivity index (χ1) is 14.1. The van der Waals surface area contributed by atoms with Gasteiger partial charge in [0.15, 0.2) is 0 Å². The maximum atomic E-state index is 13.2. The third-order valence-corrected chi connectivity index (χ3v) is 5.40. The number of amides is 2. The van der Waals surface area contributed by atoms with Crippen LogP contribution in [0.25, 0.3) is 5.69 Å². The number of hydrogen-bond acceptors (Lipinski definition) is 3. The number of nitrogens with zero attached hydrogens (tertiary/aromatic N) is 3. The summed E-state index contributed by atoms with van der Waals surface area (Å²) in [5.74, 6) is 0.821. The van der Waals surface area contributed by atoms with Crippen LogP contribution in [0.3, 0.4) is 0 Å². The molecule has 0 radical (unpaired) electrons. The number of likely N-dealkylation sites (tertiary alicyclic amines) is 1. The van der Waals surface area contributed by atoms with Gasteiger partial charge in [0.25, 0.3) is 0 Å². The average Bonchev–Trinajstić information content (AvgIpc) is 3.35. The predicted octanol–water partition coefficient (Wildman–Crippen LogP) is 4.87. The number of carbonyl (C=O) groups is 1. The van der Waals surface area contributed by atoms with Crippen molar-refractivity contribution >= 4 is 11.7 Å². The Hall–Kier alpha value is -3.28. The molecule has 150 valence electrons. The van der Waals surface area contributed by atoms with Crippen LogP contribution >= 0.6 is 0 Å². The SMILES string of the molecule is COc1ccc(C2CCCN2C(=O)Nc2ccccc2-n2nc(C)cc2C)cc1. The normalized spacial score (nSPS) is 16.1. The van der Waals surface area contributed by atoms with Crippen molar-refractivity contribution in [3.8, 4) is 11.4 Å². The maximum absolute atomic E-state index is 13.2. The molecule has 0 bridgehead atoms. The van der Waals surface area contributed by atoms with Crippen LogP contribution in [0.5, 0.6) is 5.75 Å². The van der Waals surface area contributed by atoms with Gasteiger partial charge in [-0.15, -0.1) is 0 Å². The Labute approximate surface area is 171 Å². The summed E-state index contributed by atoms with van der Waals surface area (Å²) in [5, 5.41) is 7.68. The zero-order valence-corrected chi connectivity index (χ0v) is 17.1. The Balaban J connectivity index is 1.57. The Kier molecular flexibility index (Phi) is 5.25. The highest BCUT2D eigenvalue weighted by Gasteiger charge is 2.30. The second-order valence-electron chi connectivity index (χ2n) is 7.41. The van der Waals surface area contributed by atoms with Crippen LogP contribution in [0, 0.1) is 13.8 Å². The largest absolute Gasteiger partial charge is 0.497 e. The highest BCUT2D eigenvalue weighted by atomic mass is 16.5. The Bertz CT molecular complexity index is 1010. The summed E-state index contributed by atoms with van der Waals surface area (Å²) in [6.07, 6.45) is 1.95. The van der Waals surface area contributed by atoms with E-state index in [4.69, 9.17) is 4.74 Å². The van der Waals surface area contributed by atoms with Crippen LogP contribution in [0.2, 0.25) is 0 Å². The van der Waals surface area contributed by atoms with E-state index in [0.717, 1.165) is 53.5 Å². The van der Waals surface area contributed by atoms with Crippen molar-refractivity contribution in [1.29, 1.82) is 0 Å². The molecule has 6 heteroatoms. The van der Waals surface area contributed by atoms with Crippen molar-refractivity contribution < 1.29 is 9.53 Å². The van der Waals surface area contributed by atoms with E-state index in [0.29, 0.717) is 0 Å². The lowest BCUT2D eigenvalue weighted by molar-refractivity contribution is 0.207. The molecule has 1 unspecified atom stereocenters. The lowest BCUT2D eigenvalue weighted by Crippen LogP contribution is -2.34. The molecule has 2 amide bonds. The zero-order chi connectivity index (χ0) is 20.4. The first kappa shape index (κ1) is 19.1. The van der Waals surface area contributed by atoms with Gasteiger partial charge < -0.3 is 15.0 Å². The standard InChI is InChI=1S/C23H26N4O2/c1-16-15-17(2)27(25-16)22-8-5-4-7-20(22)24-23(28)26-14-6-9-21(26)18-10-12-19(29-3)13-11-18/h4-5,7-8,10-13,15,21H,6,9,14H2,1-3H3,(H,24,28). The fourth-order valence-electron chi connectivity index (χ4n) is 4.01. The topological polar surface area (TPSA) is 59.4 Å². The Morgan fingerprint density at radius 2 is 1.90 bits per heavy atom. The number of anilines is 1. The van der Waals surface area contributed by atoms with E-state index in [9.17, 15) is 4.79 Å². The molecule has 2 heterocycles. The fourth-order valence-corrected chi connectivity index (χ4v) is 4.01. The van der Waals surface area contributed by atoms with Gasteiger partial charge in [-0.3, -0.25) is 0 Å². The van der Waals surface area contributed by atoms with Crippen LogP contribution in [0.1, 0.15) is 35.8 Å². The van der Waals surface area contributed by atoms with Crippen molar-refractivity contribution in [1.82, 2.24) is 14.7 Å². The second-order valence-corrected chi connectivity index (χ2v) is 7.41. The van der Waals surface area contributed by atoms with Gasteiger partial charge in [-0.25, -0.2) is 9.48 Å². The number of aromatic nitrogens is 2. The third-order valence-electron chi connectivity index (χ3n) is 5.40. The molecule has 3 aromatic rings. The number of carbonyl (C=O) groups excluding carboxylic acids is 1. The van der Waals surface area contributed by atoms with Crippen LogP contribution in [-0.2, 0) is 0 Å². The highest BCUT2D eigenvalue weighted by Crippen LogP contribution is 2.33. The van der Waals surface area contributed by atoms with Crippen molar-refractivity contribution in [2.24, 2.45) is 0 Å². The molecule has 6 nitrogen and oxygen atoms in total. The summed E-state index contributed by atoms with van der Waals surface area (Å²) in [4.78, 5) is 15.1. The quantitative estimate of drug-likeness (QED) is 0.692. The Morgan fingerprint density at radius 1 is 1.14 bits per heavy atom. The minimum absolute atomic E-state index is 0.0711. The molecule has 0 saturated carbocycles. The average molecular weight is 390 g/mol. The first-order valence-corrected chi connectivity index (χ1v) is 9.91. The lowest BCUT2D eigenvalue weighted by Gasteiger charge is -2.26. The molecular weight excluding hydrogens is 364 g/mol. The number of rotatable bonds is 4. The summed E-state index contributed by atoms with van der Waals surface area (Å²) in [7, 11) is 1.66. The summed E-state index contributed by atoms with van der Waals surface area (Å²) >= 11 is 0. The molecule has 1 aromatic heterocycles. The molecule has 0 aliphatic carbocycles. The van der Waals surface area contributed by atoms with Gasteiger partial charge in [0.2, 0.25) is 0 Å². The van der Waals surface area contributed by atoms with E-state index in [-0.39, 0.29) is 12.1 Å². The van der Waals surface area contributed by atoms with E-state index < -0.39 is 0 Å². The monoisotopic (exact) mass is 390 g/mol. The number of methoxy groups -OCH3 is 1. The smallest absolute Gasteiger partial charge is 0.322 e. The van der Waals surface area contributed by atoms with Crippen molar-refractivity contribution in [3.63, 3.8) is 0 Å². The molecule has 1 atom stereocenters. The van der Waals surface area contributed by atoms with E-state index in [1.54, 1.807) is 7.11 Å². The van der Waals surface area contributed by atoms with Crippen molar-refractivity contribution in [3.05, 3.63) is 71.5 Å². The minimum Gasteiger partial charge on any atom is -0.497 e. The molecule has 29 heavy (non-hydrogen) atoms. The van der Waals surface area contributed by atoms with E-state index in [2.05, 4.69) is 10.4 Å². The molecule has 2 aromatic carbocycles. The van der Waals surface area contributed by atoms with Gasteiger partial charge in [0.1, 0.15) is 5.75 Å². The third kappa shape index (κ3) is 3.83. The van der Waals surface area contributed by atoms with Crippen molar-refractivity contribution in [2.75, 3.05) is 19.0 Å². The molecule has 1 aliphatic rings. The number of urea groups is 1. The Morgan fingerprint density at radius 3 is 2.59 bits per heavy atom. The predicted molar refractivity (Wildman–Crippen MR) is 114 cm³/mol. The van der Waals surface area contributed by atoms with E-state index >= 15 is 0 Å². The molecular formula is C23H26N4O2. The minimum atomic E-state index is -0.0858. The van der Waals surface area contributed by atoms with Crippen LogP contribution in [0.15, 0.2) is 54.6 Å². The number of ether oxygens (including phenoxy) is 1. The highest BCUT2D eigenvalue weighted by molar-refractivity contribution is 5.92. The number of hydrogen-bond donors (Lipinski definition) is 1. The maximum Gasteiger partial charge on any atom is 0.322 e. The van der Waals surface area contributed by atoms with E-state index in [1.807, 2.05) is 78.0 Å². The number of nitrogens with one attached hydrogen (secondary N) is 1. The van der Waals surface area contributed by atoms with Gasteiger partial charge in [-0.1, -0.05) is 24.3 Å². The van der Waals surface area contributed by atoms with Gasteiger partial charge in [0, 0.05) is 12.2 Å². The number of aryl methyl sites for hydroxylation is 2. The fraction of sp³-hybridized carbons (Fsp3) is 0.304. The van der Waals surface area contributed by atoms with Gasteiger partial charge in [0.05, 0.1) is 30.2 Å². The molecule has 1 aliphatic heterocycles. The molecule has 4 rings (SSSR count). The second kappa shape index (κ2) is 7.99. The van der Waals surface area contributed by atoms with Gasteiger partial charge >= 0.3 is 6.03 Å². The van der Waals surface area contributed by atoms with Gasteiger partial charge in [-0.2, -0.15) is 5.10 Å². The summed E-state index contributed by atoms with van der Waals surface area (Å²) in [5.41, 5.74) is 4.73. The van der Waals surface area contributed by atoms with Crippen molar-refractivity contribution in [2.45, 2.75) is 32.7 Å². The zero-order valence-electron chi connectivity index (χ0n) is 17.1. The first-order valence-electron chi connectivity index (χ1n) is 9.91. The molecule has 0 spiro atoms. The summed E-state index contributed by atoms with van der Waals surface area (Å²) in [6.45, 7) is 4.72. The van der Waals surface area contributed by atoms with E-state index in [1.165, 1.54) is 0 Å².